The van der Waals surface area contributed by atoms with Crippen molar-refractivity contribution in [1.82, 2.24) is 14.4 Å². The van der Waals surface area contributed by atoms with E-state index in [-0.39, 0.29) is 6.03 Å². The van der Waals surface area contributed by atoms with Gasteiger partial charge in [-0.1, -0.05) is 48.0 Å². The second kappa shape index (κ2) is 6.68. The lowest BCUT2D eigenvalue weighted by Crippen LogP contribution is -2.20. The summed E-state index contributed by atoms with van der Waals surface area (Å²) in [6, 6.07) is 18.8. The normalized spacial score (nSPS) is 10.7. The van der Waals surface area contributed by atoms with E-state index in [9.17, 15) is 4.79 Å². The lowest BCUT2D eigenvalue weighted by molar-refractivity contribution is 0.262. The molecule has 0 aliphatic carbocycles. The van der Waals surface area contributed by atoms with E-state index in [1.807, 2.05) is 78.2 Å². The van der Waals surface area contributed by atoms with Gasteiger partial charge in [-0.25, -0.2) is 9.78 Å². The molecule has 0 unspecified atom stereocenters. The second-order valence-electron chi connectivity index (χ2n) is 5.91. The summed E-state index contributed by atoms with van der Waals surface area (Å²) < 4.78 is 1.86. The van der Waals surface area contributed by atoms with Crippen molar-refractivity contribution >= 4 is 23.3 Å². The monoisotopic (exact) mass is 343 g/mol. The van der Waals surface area contributed by atoms with Crippen LogP contribution in [0.4, 0.5) is 16.3 Å². The number of carbonyl (C=O) groups excluding carboxylic acids is 1. The summed E-state index contributed by atoms with van der Waals surface area (Å²) in [6.07, 6.45) is 3.56. The third-order valence-corrected chi connectivity index (χ3v) is 3.99. The topological polar surface area (TPSA) is 71.3 Å². The van der Waals surface area contributed by atoms with Gasteiger partial charge < -0.3 is 5.32 Å². The highest BCUT2D eigenvalue weighted by atomic mass is 16.2. The van der Waals surface area contributed by atoms with Crippen LogP contribution in [0.5, 0.6) is 0 Å². The van der Waals surface area contributed by atoms with Crippen molar-refractivity contribution in [3.05, 3.63) is 78.6 Å². The Hall–Kier alpha value is -3.67. The van der Waals surface area contributed by atoms with Crippen molar-refractivity contribution in [2.24, 2.45) is 0 Å². The number of urea groups is 1. The molecule has 2 aromatic heterocycles. The first-order valence-electron chi connectivity index (χ1n) is 8.24. The third-order valence-electron chi connectivity index (χ3n) is 3.99. The minimum absolute atomic E-state index is 0.354. The van der Waals surface area contributed by atoms with Crippen molar-refractivity contribution in [2.45, 2.75) is 6.92 Å². The average Bonchev–Trinajstić information content (AvgIpc) is 3.01. The lowest BCUT2D eigenvalue weighted by Gasteiger charge is -2.08. The number of aromatic nitrogens is 3. The second-order valence-corrected chi connectivity index (χ2v) is 5.91. The molecule has 0 bridgehead atoms. The minimum atomic E-state index is -0.354. The van der Waals surface area contributed by atoms with Gasteiger partial charge in [0.2, 0.25) is 5.78 Å². The number of benzene rings is 2. The van der Waals surface area contributed by atoms with Crippen LogP contribution in [-0.2, 0) is 0 Å². The van der Waals surface area contributed by atoms with E-state index < -0.39 is 0 Å². The molecule has 128 valence electrons. The van der Waals surface area contributed by atoms with Crippen LogP contribution in [0.3, 0.4) is 0 Å². The Balaban J connectivity index is 1.71. The zero-order chi connectivity index (χ0) is 17.9. The van der Waals surface area contributed by atoms with E-state index in [0.717, 1.165) is 16.8 Å². The van der Waals surface area contributed by atoms with Gasteiger partial charge in [-0.05, 0) is 25.1 Å². The van der Waals surface area contributed by atoms with Crippen LogP contribution in [0, 0.1) is 6.92 Å². The number of nitrogens with one attached hydrogen (secondary N) is 2. The summed E-state index contributed by atoms with van der Waals surface area (Å²) in [5.74, 6) is 0.985. The molecule has 26 heavy (non-hydrogen) atoms. The van der Waals surface area contributed by atoms with Gasteiger partial charge in [0.25, 0.3) is 0 Å². The number of imidazole rings is 1. The molecule has 0 atom stereocenters. The van der Waals surface area contributed by atoms with E-state index in [2.05, 4.69) is 20.6 Å². The van der Waals surface area contributed by atoms with Crippen LogP contribution < -0.4 is 10.6 Å². The molecule has 4 aromatic rings. The molecule has 6 heteroatoms. The molecule has 0 spiro atoms. The van der Waals surface area contributed by atoms with Gasteiger partial charge in [0.15, 0.2) is 5.82 Å². The first-order valence-corrected chi connectivity index (χ1v) is 8.24. The number of fused-ring (bicyclic) bond motifs is 1. The Morgan fingerprint density at radius 3 is 2.50 bits per heavy atom. The van der Waals surface area contributed by atoms with E-state index in [4.69, 9.17) is 0 Å². The van der Waals surface area contributed by atoms with E-state index >= 15 is 0 Å². The highest BCUT2D eigenvalue weighted by Crippen LogP contribution is 2.28. The van der Waals surface area contributed by atoms with E-state index in [1.54, 1.807) is 6.20 Å². The van der Waals surface area contributed by atoms with Gasteiger partial charge in [-0.15, -0.1) is 0 Å². The fraction of sp³-hybridized carbons (Fsp3) is 0.0500. The standard InChI is InChI=1S/C20H17N5O/c1-14-8-10-15(11-9-14)17-18(23-19-21-12-5-13-25(17)19)24-20(26)22-16-6-3-2-4-7-16/h2-13H,1H3,(H2,22,24,26). The Labute approximate surface area is 150 Å². The van der Waals surface area contributed by atoms with Crippen molar-refractivity contribution < 1.29 is 4.79 Å². The summed E-state index contributed by atoms with van der Waals surface area (Å²) in [6.45, 7) is 2.03. The van der Waals surface area contributed by atoms with Gasteiger partial charge in [-0.3, -0.25) is 9.72 Å². The minimum Gasteiger partial charge on any atom is -0.308 e. The molecule has 2 heterocycles. The maximum absolute atomic E-state index is 12.4. The zero-order valence-electron chi connectivity index (χ0n) is 14.2. The van der Waals surface area contributed by atoms with Gasteiger partial charge in [0, 0.05) is 23.6 Å². The molecule has 0 aliphatic heterocycles. The Bertz CT molecular complexity index is 1050. The molecular formula is C20H17N5O. The highest BCUT2D eigenvalue weighted by Gasteiger charge is 2.17. The summed E-state index contributed by atoms with van der Waals surface area (Å²) in [5, 5.41) is 5.64. The van der Waals surface area contributed by atoms with Crippen LogP contribution >= 0.6 is 0 Å². The van der Waals surface area contributed by atoms with Gasteiger partial charge in [0.1, 0.15) is 0 Å². The number of carbonyl (C=O) groups is 1. The quantitative estimate of drug-likeness (QED) is 0.581. The van der Waals surface area contributed by atoms with Crippen LogP contribution in [0.25, 0.3) is 17.0 Å². The molecule has 0 radical (unpaired) electrons. The smallest absolute Gasteiger partial charge is 0.308 e. The van der Waals surface area contributed by atoms with Crippen molar-refractivity contribution in [3.8, 4) is 11.3 Å². The number of amides is 2. The van der Waals surface area contributed by atoms with Crippen molar-refractivity contribution in [3.63, 3.8) is 0 Å². The number of rotatable bonds is 3. The summed E-state index contributed by atoms with van der Waals surface area (Å²) in [7, 11) is 0. The first kappa shape index (κ1) is 15.8. The summed E-state index contributed by atoms with van der Waals surface area (Å²) in [5.41, 5.74) is 3.61. The Morgan fingerprint density at radius 1 is 0.962 bits per heavy atom. The Kier molecular flexibility index (Phi) is 4.07. The third kappa shape index (κ3) is 3.12. The van der Waals surface area contributed by atoms with Gasteiger partial charge in [-0.2, -0.15) is 4.98 Å². The average molecular weight is 343 g/mol. The molecule has 0 aliphatic rings. The van der Waals surface area contributed by atoms with Crippen LogP contribution in [0.1, 0.15) is 5.56 Å². The van der Waals surface area contributed by atoms with Gasteiger partial charge >= 0.3 is 6.03 Å². The summed E-state index contributed by atoms with van der Waals surface area (Å²) >= 11 is 0. The molecule has 6 nitrogen and oxygen atoms in total. The molecule has 2 N–H and O–H groups in total. The highest BCUT2D eigenvalue weighted by molar-refractivity contribution is 6.01. The number of para-hydroxylation sites is 1. The van der Waals surface area contributed by atoms with Crippen LogP contribution in [-0.4, -0.2) is 20.4 Å². The number of nitrogens with zero attached hydrogens (tertiary/aromatic N) is 3. The molecular weight excluding hydrogens is 326 g/mol. The first-order chi connectivity index (χ1) is 12.7. The van der Waals surface area contributed by atoms with Crippen LogP contribution in [0.15, 0.2) is 73.1 Å². The molecule has 0 saturated heterocycles. The van der Waals surface area contributed by atoms with E-state index in [0.29, 0.717) is 17.3 Å². The summed E-state index contributed by atoms with van der Waals surface area (Å²) in [4.78, 5) is 21.2. The fourth-order valence-corrected chi connectivity index (χ4v) is 2.75. The fourth-order valence-electron chi connectivity index (χ4n) is 2.75. The number of hydrogen-bond acceptors (Lipinski definition) is 3. The lowest BCUT2D eigenvalue weighted by atomic mass is 10.1. The van der Waals surface area contributed by atoms with Crippen LogP contribution in [0.2, 0.25) is 0 Å². The SMILES string of the molecule is Cc1ccc(-c2c(NC(=O)Nc3ccccc3)nc3ncccn23)cc1. The molecule has 0 saturated carbocycles. The zero-order valence-corrected chi connectivity index (χ0v) is 14.2. The maximum atomic E-state index is 12.4. The molecule has 2 aromatic carbocycles. The number of anilines is 2. The number of hydrogen-bond donors (Lipinski definition) is 2. The van der Waals surface area contributed by atoms with Gasteiger partial charge in [0.05, 0.1) is 5.69 Å². The molecule has 4 rings (SSSR count). The predicted molar refractivity (Wildman–Crippen MR) is 102 cm³/mol. The Morgan fingerprint density at radius 2 is 1.73 bits per heavy atom. The van der Waals surface area contributed by atoms with Crippen molar-refractivity contribution in [2.75, 3.05) is 10.6 Å². The molecule has 0 fully saturated rings. The predicted octanol–water partition coefficient (Wildman–Crippen LogP) is 4.35. The maximum Gasteiger partial charge on any atom is 0.324 e. The largest absolute Gasteiger partial charge is 0.324 e. The van der Waals surface area contributed by atoms with Crippen molar-refractivity contribution in [1.29, 1.82) is 0 Å². The number of aryl methyl sites for hydroxylation is 1. The molecule has 2 amide bonds. The van der Waals surface area contributed by atoms with E-state index in [1.165, 1.54) is 0 Å².